The van der Waals surface area contributed by atoms with Crippen molar-refractivity contribution in [2.24, 2.45) is 29.5 Å². The minimum Gasteiger partial charge on any atom is -0.264 e. The van der Waals surface area contributed by atoms with Gasteiger partial charge >= 0.3 is 0 Å². The van der Waals surface area contributed by atoms with E-state index < -0.39 is 0 Å². The molecule has 0 saturated carbocycles. The van der Waals surface area contributed by atoms with Crippen LogP contribution in [0.5, 0.6) is 0 Å². The highest BCUT2D eigenvalue weighted by molar-refractivity contribution is 5.97. The van der Waals surface area contributed by atoms with E-state index in [0.29, 0.717) is 0 Å². The Labute approximate surface area is 175 Å². The van der Waals surface area contributed by atoms with Crippen LogP contribution in [0.3, 0.4) is 0 Å². The Hall–Kier alpha value is -2.38. The van der Waals surface area contributed by atoms with Crippen molar-refractivity contribution < 1.29 is 0 Å². The summed E-state index contributed by atoms with van der Waals surface area (Å²) in [5, 5.41) is 8.18. The fourth-order valence-corrected chi connectivity index (χ4v) is 2.38. The first kappa shape index (κ1) is 24.7. The molecule has 3 rings (SSSR count). The minimum atomic E-state index is 0.0707. The summed E-state index contributed by atoms with van der Waals surface area (Å²) in [7, 11) is 3.79. The summed E-state index contributed by atoms with van der Waals surface area (Å²) in [6.45, 7) is 19.8. The molecule has 0 radical (unpaired) electrons. The quantitative estimate of drug-likeness (QED) is 0.672. The molecule has 3 heterocycles. The van der Waals surface area contributed by atoms with Crippen LogP contribution in [0, 0.1) is 5.41 Å². The number of aliphatic imine (C=N–C) groups is 2. The van der Waals surface area contributed by atoms with Gasteiger partial charge in [0.2, 0.25) is 0 Å². The van der Waals surface area contributed by atoms with Crippen LogP contribution in [0.15, 0.2) is 22.6 Å². The Morgan fingerprint density at radius 1 is 0.828 bits per heavy atom. The summed E-state index contributed by atoms with van der Waals surface area (Å²) >= 11 is 0. The second-order valence-corrected chi connectivity index (χ2v) is 10.2. The highest BCUT2D eigenvalue weighted by Gasteiger charge is 2.19. The third kappa shape index (κ3) is 8.25. The zero-order valence-electron chi connectivity index (χ0n) is 20.0. The Morgan fingerprint density at radius 2 is 1.45 bits per heavy atom. The first-order valence-electron chi connectivity index (χ1n) is 9.90. The minimum absolute atomic E-state index is 0.0707. The number of amidine groups is 1. The van der Waals surface area contributed by atoms with Crippen LogP contribution in [-0.2, 0) is 24.9 Å². The first-order chi connectivity index (χ1) is 13.1. The van der Waals surface area contributed by atoms with Crippen molar-refractivity contribution in [3.63, 3.8) is 0 Å². The molecule has 2 aromatic rings. The summed E-state index contributed by atoms with van der Waals surface area (Å²) in [4.78, 5) is 16.6. The number of hydrogen-bond donors (Lipinski definition) is 0. The van der Waals surface area contributed by atoms with Gasteiger partial charge in [-0.05, 0) is 0 Å². The first-order valence-corrected chi connectivity index (χ1v) is 9.90. The van der Waals surface area contributed by atoms with E-state index in [1.54, 1.807) is 22.0 Å². The van der Waals surface area contributed by atoms with Crippen LogP contribution >= 0.6 is 0 Å². The molecule has 0 saturated heterocycles. The van der Waals surface area contributed by atoms with Crippen LogP contribution in [0.2, 0.25) is 0 Å². The van der Waals surface area contributed by atoms with Crippen molar-refractivity contribution >= 4 is 12.1 Å². The molecule has 1 aliphatic heterocycles. The number of aromatic nitrogens is 6. The summed E-state index contributed by atoms with van der Waals surface area (Å²) in [6, 6.07) is 0. The second-order valence-electron chi connectivity index (χ2n) is 10.2. The number of nitrogens with zero attached hydrogens (tertiary/aromatic N) is 8. The topological polar surface area (TPSA) is 86.1 Å². The van der Waals surface area contributed by atoms with E-state index in [1.807, 2.05) is 20.3 Å². The molecule has 0 spiro atoms. The van der Waals surface area contributed by atoms with Gasteiger partial charge in [-0.3, -0.25) is 14.4 Å². The lowest BCUT2D eigenvalue weighted by molar-refractivity contribution is 0.506. The molecular formula is C21H38N8. The number of aryl methyl sites for hydroxylation is 2. The third-order valence-electron chi connectivity index (χ3n) is 3.86. The molecule has 2 aromatic heterocycles. The van der Waals surface area contributed by atoms with Gasteiger partial charge in [0.25, 0.3) is 0 Å². The van der Waals surface area contributed by atoms with Crippen molar-refractivity contribution in [2.75, 3.05) is 6.54 Å². The lowest BCUT2D eigenvalue weighted by atomic mass is 9.95. The average molecular weight is 403 g/mol. The van der Waals surface area contributed by atoms with Gasteiger partial charge in [0.05, 0.1) is 6.54 Å². The van der Waals surface area contributed by atoms with E-state index in [9.17, 15) is 0 Å². The Kier molecular flexibility index (Phi) is 8.00. The molecular weight excluding hydrogens is 364 g/mol. The molecule has 0 fully saturated rings. The second kappa shape index (κ2) is 9.41. The Bertz CT molecular complexity index is 820. The standard InChI is InChI=1S/2C7H13N3.C7H12N2/c1-7(2,3)6-8-5-10(4)9-6;1-7(2,3)6-8-5-9-10(6)4;1-7(2,3)6-8-4-5-9-6/h2*5H,1-4H3;4H,5H2,1-3H3. The van der Waals surface area contributed by atoms with E-state index in [-0.39, 0.29) is 16.2 Å². The van der Waals surface area contributed by atoms with Gasteiger partial charge in [-0.25, -0.2) is 15.0 Å². The molecule has 0 amide bonds. The van der Waals surface area contributed by atoms with E-state index in [1.165, 1.54) is 0 Å². The molecule has 0 aliphatic carbocycles. The van der Waals surface area contributed by atoms with Gasteiger partial charge in [-0.15, -0.1) is 0 Å². The molecule has 8 nitrogen and oxygen atoms in total. The van der Waals surface area contributed by atoms with Crippen molar-refractivity contribution in [1.29, 1.82) is 0 Å². The van der Waals surface area contributed by atoms with E-state index in [0.717, 1.165) is 24.0 Å². The van der Waals surface area contributed by atoms with Crippen LogP contribution in [0.4, 0.5) is 0 Å². The van der Waals surface area contributed by atoms with E-state index in [4.69, 9.17) is 0 Å². The Balaban J connectivity index is 0.000000218. The fourth-order valence-electron chi connectivity index (χ4n) is 2.38. The molecule has 8 heteroatoms. The highest BCUT2D eigenvalue weighted by atomic mass is 15.3. The van der Waals surface area contributed by atoms with Crippen molar-refractivity contribution in [3.8, 4) is 0 Å². The van der Waals surface area contributed by atoms with Crippen LogP contribution in [0.25, 0.3) is 0 Å². The SMILES string of the molecule is CC(C)(C)C1=NCC=N1.Cn1cnc(C(C)(C)C)n1.Cn1ncnc1C(C)(C)C. The van der Waals surface area contributed by atoms with Gasteiger partial charge in [0.15, 0.2) is 5.82 Å². The van der Waals surface area contributed by atoms with Gasteiger partial charge in [0, 0.05) is 36.6 Å². The molecule has 0 N–H and O–H groups in total. The molecule has 1 aliphatic rings. The lowest BCUT2D eigenvalue weighted by Gasteiger charge is -2.15. The molecule has 0 bridgehead atoms. The van der Waals surface area contributed by atoms with Crippen LogP contribution in [-0.4, -0.2) is 48.1 Å². The predicted molar refractivity (Wildman–Crippen MR) is 120 cm³/mol. The smallest absolute Gasteiger partial charge is 0.155 e. The van der Waals surface area contributed by atoms with Gasteiger partial charge in [-0.1, -0.05) is 62.3 Å². The maximum Gasteiger partial charge on any atom is 0.155 e. The van der Waals surface area contributed by atoms with E-state index in [2.05, 4.69) is 92.5 Å². The van der Waals surface area contributed by atoms with Crippen molar-refractivity contribution in [1.82, 2.24) is 29.5 Å². The predicted octanol–water partition coefficient (Wildman–Crippen LogP) is 3.74. The van der Waals surface area contributed by atoms with E-state index >= 15 is 0 Å². The van der Waals surface area contributed by atoms with Crippen LogP contribution < -0.4 is 0 Å². The monoisotopic (exact) mass is 402 g/mol. The van der Waals surface area contributed by atoms with Gasteiger partial charge in [-0.2, -0.15) is 10.2 Å². The third-order valence-corrected chi connectivity index (χ3v) is 3.86. The van der Waals surface area contributed by atoms with Gasteiger partial charge < -0.3 is 0 Å². The summed E-state index contributed by atoms with van der Waals surface area (Å²) in [5.74, 6) is 2.89. The zero-order chi connectivity index (χ0) is 22.5. The maximum atomic E-state index is 4.20. The fraction of sp³-hybridized carbons (Fsp3) is 0.714. The molecule has 162 valence electrons. The van der Waals surface area contributed by atoms with Gasteiger partial charge in [0.1, 0.15) is 24.3 Å². The molecule has 0 atom stereocenters. The van der Waals surface area contributed by atoms with Crippen molar-refractivity contribution in [2.45, 2.75) is 73.1 Å². The van der Waals surface area contributed by atoms with Crippen LogP contribution in [0.1, 0.15) is 74.0 Å². The number of hydrogen-bond acceptors (Lipinski definition) is 6. The van der Waals surface area contributed by atoms with Crippen molar-refractivity contribution in [3.05, 3.63) is 24.3 Å². The summed E-state index contributed by atoms with van der Waals surface area (Å²) < 4.78 is 3.53. The lowest BCUT2D eigenvalue weighted by Crippen LogP contribution is -2.17. The highest BCUT2D eigenvalue weighted by Crippen LogP contribution is 2.18. The summed E-state index contributed by atoms with van der Waals surface area (Å²) in [5.41, 5.74) is 0.305. The zero-order valence-corrected chi connectivity index (χ0v) is 20.0. The summed E-state index contributed by atoms with van der Waals surface area (Å²) in [6.07, 6.45) is 5.15. The number of rotatable bonds is 0. The Morgan fingerprint density at radius 3 is 1.66 bits per heavy atom. The molecule has 0 aromatic carbocycles. The molecule has 0 unspecified atom stereocenters. The maximum absolute atomic E-state index is 4.20. The molecule has 29 heavy (non-hydrogen) atoms. The normalized spacial score (nSPS) is 14.0. The largest absolute Gasteiger partial charge is 0.264 e. The average Bonchev–Trinajstić information content (AvgIpc) is 3.25.